The molecule has 2 heterocycles. The molecule has 0 spiro atoms. The molecule has 0 N–H and O–H groups in total. The number of piperidine rings is 1. The highest BCUT2D eigenvalue weighted by atomic mass is 19.1. The summed E-state index contributed by atoms with van der Waals surface area (Å²) in [5.74, 6) is 1.81. The molecule has 3 rings (SSSR count). The van der Waals surface area contributed by atoms with Gasteiger partial charge in [-0.3, -0.25) is 4.90 Å². The van der Waals surface area contributed by atoms with E-state index in [9.17, 15) is 4.39 Å². The van der Waals surface area contributed by atoms with Crippen molar-refractivity contribution in [2.75, 3.05) is 13.1 Å². The number of halogens is 1. The van der Waals surface area contributed by atoms with Gasteiger partial charge in [-0.25, -0.2) is 4.39 Å². The molecule has 0 amide bonds. The van der Waals surface area contributed by atoms with Crippen LogP contribution in [0.2, 0.25) is 0 Å². The van der Waals surface area contributed by atoms with Crippen molar-refractivity contribution in [3.63, 3.8) is 0 Å². The van der Waals surface area contributed by atoms with Gasteiger partial charge in [0.15, 0.2) is 0 Å². The number of rotatable bonds is 1. The monoisotopic (exact) mass is 169 g/mol. The first-order chi connectivity index (χ1) is 5.76. The largest absolute Gasteiger partial charge is 0.294 e. The van der Waals surface area contributed by atoms with Crippen LogP contribution >= 0.6 is 0 Å². The summed E-state index contributed by atoms with van der Waals surface area (Å²) in [6, 6.07) is 0. The number of nitrogens with zero attached hydrogens (tertiary/aromatic N) is 1. The third-order valence-electron chi connectivity index (χ3n) is 4.30. The van der Waals surface area contributed by atoms with E-state index in [2.05, 4.69) is 11.8 Å². The van der Waals surface area contributed by atoms with Crippen LogP contribution in [0.5, 0.6) is 0 Å². The molecule has 0 aromatic carbocycles. The lowest BCUT2D eigenvalue weighted by atomic mass is 9.88. The quantitative estimate of drug-likeness (QED) is 0.579. The maximum Gasteiger partial charge on any atom is 0.115 e. The van der Waals surface area contributed by atoms with Gasteiger partial charge in [0.2, 0.25) is 0 Å². The fraction of sp³-hybridized carbons (Fsp3) is 1.00. The predicted octanol–water partition coefficient (Wildman–Crippen LogP) is 1.83. The van der Waals surface area contributed by atoms with Crippen LogP contribution in [0.3, 0.4) is 0 Å². The maximum atomic E-state index is 13.2. The van der Waals surface area contributed by atoms with Gasteiger partial charge in [-0.1, -0.05) is 6.92 Å². The lowest BCUT2D eigenvalue weighted by Gasteiger charge is -2.33. The Morgan fingerprint density at radius 2 is 2.33 bits per heavy atom. The fourth-order valence-corrected chi connectivity index (χ4v) is 3.66. The molecule has 3 fully saturated rings. The number of alkyl halides is 1. The smallest absolute Gasteiger partial charge is 0.115 e. The average Bonchev–Trinajstić information content (AvgIpc) is 2.62. The summed E-state index contributed by atoms with van der Waals surface area (Å²) in [5, 5.41) is 0. The predicted molar refractivity (Wildman–Crippen MR) is 45.7 cm³/mol. The van der Waals surface area contributed by atoms with Gasteiger partial charge in [0, 0.05) is 18.6 Å². The van der Waals surface area contributed by atoms with E-state index in [4.69, 9.17) is 0 Å². The van der Waals surface area contributed by atoms with Crippen molar-refractivity contribution >= 4 is 0 Å². The molecule has 2 unspecified atom stereocenters. The Bertz CT molecular complexity index is 216. The van der Waals surface area contributed by atoms with E-state index < -0.39 is 6.17 Å². The molecule has 4 atom stereocenters. The van der Waals surface area contributed by atoms with Crippen LogP contribution in [0.1, 0.15) is 26.2 Å². The molecule has 0 bridgehead atoms. The van der Waals surface area contributed by atoms with Crippen LogP contribution < -0.4 is 0 Å². The molecule has 0 aromatic heterocycles. The van der Waals surface area contributed by atoms with E-state index in [1.165, 1.54) is 13.0 Å². The number of hydrogen-bond donors (Lipinski definition) is 0. The van der Waals surface area contributed by atoms with Gasteiger partial charge in [0.1, 0.15) is 6.17 Å². The normalized spacial score (nSPS) is 57.0. The first-order valence-corrected chi connectivity index (χ1v) is 5.15. The van der Waals surface area contributed by atoms with E-state index >= 15 is 0 Å². The molecule has 0 aromatic rings. The van der Waals surface area contributed by atoms with Crippen molar-refractivity contribution in [1.29, 1.82) is 0 Å². The second-order valence-corrected chi connectivity index (χ2v) is 4.77. The molecule has 2 aliphatic heterocycles. The van der Waals surface area contributed by atoms with Gasteiger partial charge in [0.25, 0.3) is 0 Å². The summed E-state index contributed by atoms with van der Waals surface area (Å²) in [6.45, 7) is 4.14. The molecule has 68 valence electrons. The highest BCUT2D eigenvalue weighted by Crippen LogP contribution is 2.60. The molecule has 2 heteroatoms. The summed E-state index contributed by atoms with van der Waals surface area (Å²) in [7, 11) is 0. The molecule has 1 nitrogen and oxygen atoms in total. The van der Waals surface area contributed by atoms with Crippen molar-refractivity contribution in [2.45, 2.75) is 37.9 Å². The molecule has 3 aliphatic rings. The lowest BCUT2D eigenvalue weighted by molar-refractivity contribution is 0.152. The summed E-state index contributed by atoms with van der Waals surface area (Å²) in [5.41, 5.74) is 0.310. The Morgan fingerprint density at radius 3 is 3.00 bits per heavy atom. The first kappa shape index (κ1) is 7.31. The van der Waals surface area contributed by atoms with Gasteiger partial charge in [0.05, 0.1) is 0 Å². The van der Waals surface area contributed by atoms with Crippen LogP contribution in [-0.2, 0) is 0 Å². The second kappa shape index (κ2) is 2.03. The minimum Gasteiger partial charge on any atom is -0.294 e. The van der Waals surface area contributed by atoms with Crippen LogP contribution in [0.4, 0.5) is 4.39 Å². The Labute approximate surface area is 72.9 Å². The van der Waals surface area contributed by atoms with E-state index in [-0.39, 0.29) is 0 Å². The maximum absolute atomic E-state index is 13.2. The zero-order chi connectivity index (χ0) is 8.34. The fourth-order valence-electron chi connectivity index (χ4n) is 3.66. The lowest BCUT2D eigenvalue weighted by Crippen LogP contribution is -2.41. The van der Waals surface area contributed by atoms with Gasteiger partial charge < -0.3 is 0 Å². The topological polar surface area (TPSA) is 3.24 Å². The second-order valence-electron chi connectivity index (χ2n) is 4.77. The highest BCUT2D eigenvalue weighted by Gasteiger charge is 2.64. The standard InChI is InChI=1S/C10H16FN/c1-2-10-4-8(11)6-12(10)5-7-3-9(7)10/h7-9H,2-6H2,1H3/t7?,8-,9?,10-/m1/s1. The van der Waals surface area contributed by atoms with Crippen molar-refractivity contribution in [2.24, 2.45) is 11.8 Å². The zero-order valence-electron chi connectivity index (χ0n) is 7.59. The zero-order valence-corrected chi connectivity index (χ0v) is 7.59. The van der Waals surface area contributed by atoms with Crippen molar-refractivity contribution < 1.29 is 4.39 Å². The Hall–Kier alpha value is -0.110. The minimum absolute atomic E-state index is 0.310. The van der Waals surface area contributed by atoms with Crippen LogP contribution in [0.15, 0.2) is 0 Å². The van der Waals surface area contributed by atoms with Crippen LogP contribution in [-0.4, -0.2) is 29.7 Å². The van der Waals surface area contributed by atoms with E-state index in [0.717, 1.165) is 31.2 Å². The molecule has 12 heavy (non-hydrogen) atoms. The Kier molecular flexibility index (Phi) is 1.24. The summed E-state index contributed by atoms with van der Waals surface area (Å²) in [4.78, 5) is 2.43. The van der Waals surface area contributed by atoms with Gasteiger partial charge in [-0.2, -0.15) is 0 Å². The minimum atomic E-state index is -0.536. The summed E-state index contributed by atoms with van der Waals surface area (Å²) >= 11 is 0. The highest BCUT2D eigenvalue weighted by molar-refractivity contribution is 5.17. The molecular formula is C10H16FN. The Morgan fingerprint density at radius 1 is 1.50 bits per heavy atom. The van der Waals surface area contributed by atoms with Gasteiger partial charge in [-0.05, 0) is 31.1 Å². The van der Waals surface area contributed by atoms with Crippen molar-refractivity contribution in [3.8, 4) is 0 Å². The molecular weight excluding hydrogens is 153 g/mol. The van der Waals surface area contributed by atoms with Gasteiger partial charge >= 0.3 is 0 Å². The molecule has 1 saturated carbocycles. The van der Waals surface area contributed by atoms with E-state index in [1.54, 1.807) is 0 Å². The van der Waals surface area contributed by atoms with E-state index in [0.29, 0.717) is 5.54 Å². The number of hydrogen-bond acceptors (Lipinski definition) is 1. The SMILES string of the molecule is CC[C@]12C[C@@H](F)CN1CC1CC12. The summed E-state index contributed by atoms with van der Waals surface area (Å²) in [6.07, 6.45) is 2.84. The molecule has 0 radical (unpaired) electrons. The third-order valence-corrected chi connectivity index (χ3v) is 4.30. The first-order valence-electron chi connectivity index (χ1n) is 5.15. The van der Waals surface area contributed by atoms with Crippen molar-refractivity contribution in [3.05, 3.63) is 0 Å². The Balaban J connectivity index is 1.92. The van der Waals surface area contributed by atoms with Gasteiger partial charge in [-0.15, -0.1) is 0 Å². The average molecular weight is 169 g/mol. The van der Waals surface area contributed by atoms with Crippen LogP contribution in [0.25, 0.3) is 0 Å². The van der Waals surface area contributed by atoms with E-state index in [1.807, 2.05) is 0 Å². The molecule has 2 saturated heterocycles. The van der Waals surface area contributed by atoms with Crippen molar-refractivity contribution in [1.82, 2.24) is 4.90 Å². The number of fused-ring (bicyclic) bond motifs is 3. The molecule has 1 aliphatic carbocycles. The third kappa shape index (κ3) is 0.681. The summed E-state index contributed by atoms with van der Waals surface area (Å²) < 4.78 is 13.2. The van der Waals surface area contributed by atoms with Crippen LogP contribution in [0, 0.1) is 11.8 Å².